The van der Waals surface area contributed by atoms with Crippen LogP contribution in [0.3, 0.4) is 0 Å². The molecule has 1 aliphatic rings. The Kier molecular flexibility index (Phi) is 2.82. The van der Waals surface area contributed by atoms with Crippen LogP contribution in [-0.2, 0) is 6.54 Å². The van der Waals surface area contributed by atoms with Crippen molar-refractivity contribution in [2.45, 2.75) is 24.9 Å². The van der Waals surface area contributed by atoms with Crippen molar-refractivity contribution < 1.29 is 0 Å². The average Bonchev–Trinajstić information content (AvgIpc) is 3.13. The maximum absolute atomic E-state index is 3.66. The van der Waals surface area contributed by atoms with Gasteiger partial charge in [-0.05, 0) is 35.1 Å². The van der Waals surface area contributed by atoms with Gasteiger partial charge in [0.15, 0.2) is 0 Å². The highest BCUT2D eigenvalue weighted by Crippen LogP contribution is 2.40. The Bertz CT molecular complexity index is 714. The zero-order valence-electron chi connectivity index (χ0n) is 11.3. The SMILES string of the molecule is c1ccc(C2CC2NCc2ccc3cc[nH]c3c2)cc1. The molecule has 0 bridgehead atoms. The van der Waals surface area contributed by atoms with E-state index in [2.05, 4.69) is 64.9 Å². The highest BCUT2D eigenvalue weighted by atomic mass is 15.0. The summed E-state index contributed by atoms with van der Waals surface area (Å²) in [7, 11) is 0. The Labute approximate surface area is 118 Å². The topological polar surface area (TPSA) is 27.8 Å². The van der Waals surface area contributed by atoms with E-state index in [9.17, 15) is 0 Å². The maximum atomic E-state index is 3.66. The summed E-state index contributed by atoms with van der Waals surface area (Å²) in [4.78, 5) is 3.27. The molecule has 0 saturated heterocycles. The summed E-state index contributed by atoms with van der Waals surface area (Å²) in [5.41, 5.74) is 4.03. The van der Waals surface area contributed by atoms with E-state index in [0.29, 0.717) is 12.0 Å². The summed E-state index contributed by atoms with van der Waals surface area (Å²) in [5.74, 6) is 0.699. The van der Waals surface area contributed by atoms with Gasteiger partial charge in [0.25, 0.3) is 0 Å². The molecule has 1 heterocycles. The monoisotopic (exact) mass is 262 g/mol. The van der Waals surface area contributed by atoms with Gasteiger partial charge in [-0.1, -0.05) is 42.5 Å². The number of hydrogen-bond donors (Lipinski definition) is 2. The predicted octanol–water partition coefficient (Wildman–Crippen LogP) is 3.81. The summed E-state index contributed by atoms with van der Waals surface area (Å²) in [6, 6.07) is 20.2. The van der Waals surface area contributed by atoms with E-state index in [0.717, 1.165) is 6.54 Å². The molecule has 2 N–H and O–H groups in total. The van der Waals surface area contributed by atoms with Crippen LogP contribution in [0.4, 0.5) is 0 Å². The molecule has 0 amide bonds. The minimum absolute atomic E-state index is 0.636. The van der Waals surface area contributed by atoms with Crippen LogP contribution < -0.4 is 5.32 Å². The summed E-state index contributed by atoms with van der Waals surface area (Å²) >= 11 is 0. The molecule has 4 rings (SSSR count). The van der Waals surface area contributed by atoms with Crippen molar-refractivity contribution in [3.05, 3.63) is 71.9 Å². The van der Waals surface area contributed by atoms with E-state index >= 15 is 0 Å². The standard InChI is InChI=1S/C18H18N2/c1-2-4-14(5-3-1)16-11-18(16)20-12-13-6-7-15-8-9-19-17(15)10-13/h1-10,16,18-20H,11-12H2. The Morgan fingerprint density at radius 2 is 1.95 bits per heavy atom. The van der Waals surface area contributed by atoms with Crippen LogP contribution >= 0.6 is 0 Å². The van der Waals surface area contributed by atoms with Gasteiger partial charge in [-0.3, -0.25) is 0 Å². The van der Waals surface area contributed by atoms with Crippen molar-refractivity contribution in [1.82, 2.24) is 10.3 Å². The minimum atomic E-state index is 0.636. The van der Waals surface area contributed by atoms with Crippen LogP contribution in [0.15, 0.2) is 60.8 Å². The third kappa shape index (κ3) is 2.23. The van der Waals surface area contributed by atoms with Crippen molar-refractivity contribution in [3.8, 4) is 0 Å². The lowest BCUT2D eigenvalue weighted by Crippen LogP contribution is -2.17. The van der Waals surface area contributed by atoms with Gasteiger partial charge in [-0.15, -0.1) is 0 Å². The normalized spacial score (nSPS) is 21.2. The molecule has 20 heavy (non-hydrogen) atoms. The second kappa shape index (κ2) is 4.80. The molecular formula is C18H18N2. The quantitative estimate of drug-likeness (QED) is 0.735. The maximum Gasteiger partial charge on any atom is 0.0457 e. The zero-order valence-corrected chi connectivity index (χ0v) is 11.3. The predicted molar refractivity (Wildman–Crippen MR) is 82.7 cm³/mol. The van der Waals surface area contributed by atoms with E-state index in [-0.39, 0.29) is 0 Å². The molecule has 1 fully saturated rings. The van der Waals surface area contributed by atoms with E-state index in [1.807, 2.05) is 6.20 Å². The fourth-order valence-electron chi connectivity index (χ4n) is 2.94. The molecule has 2 nitrogen and oxygen atoms in total. The van der Waals surface area contributed by atoms with Gasteiger partial charge < -0.3 is 10.3 Å². The molecule has 0 radical (unpaired) electrons. The Morgan fingerprint density at radius 1 is 1.05 bits per heavy atom. The van der Waals surface area contributed by atoms with Crippen LogP contribution in [0.2, 0.25) is 0 Å². The third-order valence-electron chi connectivity index (χ3n) is 4.21. The molecule has 100 valence electrons. The number of fused-ring (bicyclic) bond motifs is 1. The lowest BCUT2D eigenvalue weighted by molar-refractivity contribution is 0.673. The second-order valence-corrected chi connectivity index (χ2v) is 5.64. The molecule has 3 aromatic rings. The minimum Gasteiger partial charge on any atom is -0.361 e. The van der Waals surface area contributed by atoms with E-state index in [1.165, 1.54) is 28.5 Å². The fraction of sp³-hybridized carbons (Fsp3) is 0.222. The van der Waals surface area contributed by atoms with Crippen molar-refractivity contribution in [1.29, 1.82) is 0 Å². The average molecular weight is 262 g/mol. The first-order valence-electron chi connectivity index (χ1n) is 7.24. The molecule has 0 aliphatic heterocycles. The summed E-state index contributed by atoms with van der Waals surface area (Å²) < 4.78 is 0. The first kappa shape index (κ1) is 11.7. The lowest BCUT2D eigenvalue weighted by Gasteiger charge is -2.05. The number of aromatic amines is 1. The molecule has 2 atom stereocenters. The van der Waals surface area contributed by atoms with Crippen LogP contribution in [0, 0.1) is 0 Å². The van der Waals surface area contributed by atoms with Crippen molar-refractivity contribution >= 4 is 10.9 Å². The van der Waals surface area contributed by atoms with Gasteiger partial charge in [0.05, 0.1) is 0 Å². The van der Waals surface area contributed by atoms with Gasteiger partial charge in [-0.25, -0.2) is 0 Å². The van der Waals surface area contributed by atoms with Gasteiger partial charge in [0, 0.05) is 30.2 Å². The molecule has 2 unspecified atom stereocenters. The zero-order chi connectivity index (χ0) is 13.4. The number of hydrogen-bond acceptors (Lipinski definition) is 1. The summed E-state index contributed by atoms with van der Waals surface area (Å²) in [6.07, 6.45) is 3.25. The number of aromatic nitrogens is 1. The van der Waals surface area contributed by atoms with Crippen LogP contribution in [0.25, 0.3) is 10.9 Å². The molecule has 1 aromatic heterocycles. The number of H-pyrrole nitrogens is 1. The third-order valence-corrected chi connectivity index (χ3v) is 4.21. The Morgan fingerprint density at radius 3 is 2.85 bits per heavy atom. The van der Waals surface area contributed by atoms with Crippen molar-refractivity contribution in [2.75, 3.05) is 0 Å². The van der Waals surface area contributed by atoms with Crippen LogP contribution in [0.1, 0.15) is 23.5 Å². The number of benzene rings is 2. The van der Waals surface area contributed by atoms with Crippen LogP contribution in [-0.4, -0.2) is 11.0 Å². The first-order valence-corrected chi connectivity index (χ1v) is 7.24. The molecule has 1 saturated carbocycles. The highest BCUT2D eigenvalue weighted by molar-refractivity contribution is 5.79. The van der Waals surface area contributed by atoms with E-state index in [1.54, 1.807) is 0 Å². The Balaban J connectivity index is 1.39. The van der Waals surface area contributed by atoms with Gasteiger partial charge in [0.1, 0.15) is 0 Å². The van der Waals surface area contributed by atoms with Gasteiger partial charge >= 0.3 is 0 Å². The molecular weight excluding hydrogens is 244 g/mol. The highest BCUT2D eigenvalue weighted by Gasteiger charge is 2.37. The molecule has 2 aromatic carbocycles. The van der Waals surface area contributed by atoms with Gasteiger partial charge in [0.2, 0.25) is 0 Å². The lowest BCUT2D eigenvalue weighted by atomic mass is 10.1. The van der Waals surface area contributed by atoms with Crippen LogP contribution in [0.5, 0.6) is 0 Å². The summed E-state index contributed by atoms with van der Waals surface area (Å²) in [5, 5.41) is 4.94. The Hall–Kier alpha value is -2.06. The largest absolute Gasteiger partial charge is 0.361 e. The van der Waals surface area contributed by atoms with Gasteiger partial charge in [-0.2, -0.15) is 0 Å². The van der Waals surface area contributed by atoms with E-state index < -0.39 is 0 Å². The first-order chi connectivity index (χ1) is 9.90. The molecule has 1 aliphatic carbocycles. The van der Waals surface area contributed by atoms with E-state index in [4.69, 9.17) is 0 Å². The van der Waals surface area contributed by atoms with Crippen molar-refractivity contribution in [2.24, 2.45) is 0 Å². The fourth-order valence-corrected chi connectivity index (χ4v) is 2.94. The smallest absolute Gasteiger partial charge is 0.0457 e. The number of rotatable bonds is 4. The van der Waals surface area contributed by atoms with Crippen molar-refractivity contribution in [3.63, 3.8) is 0 Å². The molecule has 2 heteroatoms. The summed E-state index contributed by atoms with van der Waals surface area (Å²) in [6.45, 7) is 0.947. The number of nitrogens with one attached hydrogen (secondary N) is 2. The second-order valence-electron chi connectivity index (χ2n) is 5.64. The molecule has 0 spiro atoms.